The summed E-state index contributed by atoms with van der Waals surface area (Å²) < 4.78 is 5.73. The maximum absolute atomic E-state index is 12.8. The quantitative estimate of drug-likeness (QED) is 0.656. The van der Waals surface area contributed by atoms with Gasteiger partial charge in [-0.3, -0.25) is 19.3 Å². The molecule has 3 saturated heterocycles. The third kappa shape index (κ3) is 5.66. The number of benzene rings is 1. The SMILES string of the molecule is COc1c(C)cc(C)cc1CN1C[C@H]2C[C@@H](C1)[C@H](CNC(C)=O)N1C(=O)CCC[C@@H]21.O=CO. The Labute approximate surface area is 196 Å². The molecule has 0 saturated carbocycles. The molecule has 0 aliphatic carbocycles. The molecule has 2 amide bonds. The summed E-state index contributed by atoms with van der Waals surface area (Å²) in [5.41, 5.74) is 3.68. The number of hydrogen-bond donors (Lipinski definition) is 2. The zero-order valence-electron chi connectivity index (χ0n) is 20.2. The maximum Gasteiger partial charge on any atom is 0.290 e. The number of methoxy groups -OCH3 is 1. The second-order valence-electron chi connectivity index (χ2n) is 9.59. The summed E-state index contributed by atoms with van der Waals surface area (Å²) in [4.78, 5) is 37.5. The molecule has 0 radical (unpaired) electrons. The molecular weight excluding hydrogens is 422 g/mol. The van der Waals surface area contributed by atoms with Gasteiger partial charge in [-0.15, -0.1) is 0 Å². The molecule has 0 aromatic heterocycles. The number of carbonyl (C=O) groups is 3. The van der Waals surface area contributed by atoms with E-state index in [1.54, 1.807) is 14.0 Å². The van der Waals surface area contributed by atoms with Crippen LogP contribution in [0.4, 0.5) is 0 Å². The first-order valence-corrected chi connectivity index (χ1v) is 11.8. The van der Waals surface area contributed by atoms with Crippen molar-refractivity contribution >= 4 is 18.3 Å². The predicted molar refractivity (Wildman–Crippen MR) is 125 cm³/mol. The van der Waals surface area contributed by atoms with E-state index >= 15 is 0 Å². The molecule has 2 N–H and O–H groups in total. The fourth-order valence-corrected chi connectivity index (χ4v) is 6.20. The van der Waals surface area contributed by atoms with Crippen molar-refractivity contribution in [1.82, 2.24) is 15.1 Å². The van der Waals surface area contributed by atoms with Gasteiger partial charge in [0.2, 0.25) is 11.8 Å². The van der Waals surface area contributed by atoms with Gasteiger partial charge in [0.1, 0.15) is 5.75 Å². The highest BCUT2D eigenvalue weighted by atomic mass is 16.5. The van der Waals surface area contributed by atoms with Gasteiger partial charge in [-0.2, -0.15) is 0 Å². The van der Waals surface area contributed by atoms with E-state index in [1.807, 2.05) is 0 Å². The second-order valence-corrected chi connectivity index (χ2v) is 9.59. The van der Waals surface area contributed by atoms with Crippen molar-refractivity contribution in [3.8, 4) is 5.75 Å². The zero-order valence-corrected chi connectivity index (χ0v) is 20.2. The van der Waals surface area contributed by atoms with Crippen molar-refractivity contribution in [2.24, 2.45) is 11.8 Å². The Morgan fingerprint density at radius 1 is 1.27 bits per heavy atom. The Hall–Kier alpha value is -2.61. The van der Waals surface area contributed by atoms with Gasteiger partial charge >= 0.3 is 0 Å². The van der Waals surface area contributed by atoms with E-state index in [9.17, 15) is 9.59 Å². The third-order valence-electron chi connectivity index (χ3n) is 7.23. The summed E-state index contributed by atoms with van der Waals surface area (Å²) in [6, 6.07) is 4.82. The minimum absolute atomic E-state index is 0.0224. The Bertz CT molecular complexity index is 874. The van der Waals surface area contributed by atoms with E-state index in [0.29, 0.717) is 30.8 Å². The number of amides is 2. The van der Waals surface area contributed by atoms with Gasteiger partial charge in [0, 0.05) is 51.1 Å². The molecule has 3 heterocycles. The molecule has 8 nitrogen and oxygen atoms in total. The van der Waals surface area contributed by atoms with E-state index in [0.717, 1.165) is 44.6 Å². The summed E-state index contributed by atoms with van der Waals surface area (Å²) in [6.45, 7) is 8.95. The lowest BCUT2D eigenvalue weighted by Gasteiger charge is -2.56. The average Bonchev–Trinajstić information content (AvgIpc) is 2.74. The van der Waals surface area contributed by atoms with Crippen molar-refractivity contribution in [2.45, 2.75) is 65.1 Å². The van der Waals surface area contributed by atoms with Gasteiger partial charge in [0.05, 0.1) is 13.2 Å². The van der Waals surface area contributed by atoms with Gasteiger partial charge in [-0.1, -0.05) is 17.7 Å². The van der Waals surface area contributed by atoms with Crippen LogP contribution in [0.1, 0.15) is 49.3 Å². The van der Waals surface area contributed by atoms with Gasteiger partial charge in [-0.25, -0.2) is 0 Å². The highest BCUT2D eigenvalue weighted by Gasteiger charge is 2.49. The molecule has 0 unspecified atom stereocenters. The lowest BCUT2D eigenvalue weighted by atomic mass is 9.72. The molecule has 8 heteroatoms. The van der Waals surface area contributed by atoms with E-state index < -0.39 is 0 Å². The van der Waals surface area contributed by atoms with Crippen LogP contribution in [0.3, 0.4) is 0 Å². The zero-order chi connectivity index (χ0) is 24.1. The molecule has 33 heavy (non-hydrogen) atoms. The van der Waals surface area contributed by atoms with Crippen LogP contribution in [0.2, 0.25) is 0 Å². The molecule has 3 fully saturated rings. The normalized spacial score (nSPS) is 26.5. The molecule has 1 aromatic carbocycles. The number of rotatable bonds is 5. The fourth-order valence-electron chi connectivity index (χ4n) is 6.20. The summed E-state index contributed by atoms with van der Waals surface area (Å²) in [6.07, 6.45) is 3.87. The average molecular weight is 460 g/mol. The van der Waals surface area contributed by atoms with Gasteiger partial charge in [0.15, 0.2) is 0 Å². The number of nitrogens with zero attached hydrogens (tertiary/aromatic N) is 2. The third-order valence-corrected chi connectivity index (χ3v) is 7.23. The van der Waals surface area contributed by atoms with Gasteiger partial charge in [0.25, 0.3) is 6.47 Å². The summed E-state index contributed by atoms with van der Waals surface area (Å²) in [7, 11) is 1.75. The second kappa shape index (κ2) is 11.0. The molecule has 4 rings (SSSR count). The number of aryl methyl sites for hydroxylation is 2. The molecule has 3 aliphatic rings. The summed E-state index contributed by atoms with van der Waals surface area (Å²) in [5, 5.41) is 9.89. The number of piperidine rings is 3. The van der Waals surface area contributed by atoms with E-state index in [4.69, 9.17) is 14.6 Å². The molecule has 4 atom stereocenters. The van der Waals surface area contributed by atoms with Crippen LogP contribution in [0.15, 0.2) is 12.1 Å². The van der Waals surface area contributed by atoms with Gasteiger partial charge in [-0.05, 0) is 50.5 Å². The lowest BCUT2D eigenvalue weighted by Crippen LogP contribution is -2.66. The summed E-state index contributed by atoms with van der Waals surface area (Å²) >= 11 is 0. The lowest BCUT2D eigenvalue weighted by molar-refractivity contribution is -0.153. The first kappa shape index (κ1) is 25.0. The largest absolute Gasteiger partial charge is 0.496 e. The molecule has 2 bridgehead atoms. The fraction of sp³-hybridized carbons (Fsp3) is 0.640. The smallest absolute Gasteiger partial charge is 0.290 e. The number of likely N-dealkylation sites (tertiary alicyclic amines) is 1. The Balaban J connectivity index is 0.000000968. The van der Waals surface area contributed by atoms with E-state index in [-0.39, 0.29) is 24.3 Å². The Morgan fingerprint density at radius 2 is 1.97 bits per heavy atom. The van der Waals surface area contributed by atoms with Crippen molar-refractivity contribution in [3.63, 3.8) is 0 Å². The number of hydrogen-bond acceptors (Lipinski definition) is 5. The van der Waals surface area contributed by atoms with Crippen LogP contribution in [0, 0.1) is 25.7 Å². The number of carbonyl (C=O) groups excluding carboxylic acids is 2. The highest BCUT2D eigenvalue weighted by molar-refractivity contribution is 5.78. The van der Waals surface area contributed by atoms with Crippen molar-refractivity contribution in [1.29, 1.82) is 0 Å². The molecule has 182 valence electrons. The molecule has 3 aliphatic heterocycles. The van der Waals surface area contributed by atoms with Gasteiger partial charge < -0.3 is 20.1 Å². The van der Waals surface area contributed by atoms with E-state index in [2.05, 4.69) is 41.1 Å². The van der Waals surface area contributed by atoms with Crippen LogP contribution >= 0.6 is 0 Å². The van der Waals surface area contributed by atoms with Crippen LogP contribution in [0.5, 0.6) is 5.75 Å². The van der Waals surface area contributed by atoms with Crippen molar-refractivity contribution in [3.05, 3.63) is 28.8 Å². The molecule has 1 aromatic rings. The molecular formula is C25H37N3O5. The molecule has 0 spiro atoms. The summed E-state index contributed by atoms with van der Waals surface area (Å²) in [5.74, 6) is 2.15. The Morgan fingerprint density at radius 3 is 2.64 bits per heavy atom. The van der Waals surface area contributed by atoms with Crippen LogP contribution in [-0.2, 0) is 20.9 Å². The van der Waals surface area contributed by atoms with Crippen molar-refractivity contribution in [2.75, 3.05) is 26.7 Å². The van der Waals surface area contributed by atoms with Crippen molar-refractivity contribution < 1.29 is 24.2 Å². The number of nitrogens with one attached hydrogen (secondary N) is 1. The minimum atomic E-state index is -0.250. The monoisotopic (exact) mass is 459 g/mol. The number of ether oxygens (including phenoxy) is 1. The predicted octanol–water partition coefficient (Wildman–Crippen LogP) is 2.35. The Kier molecular flexibility index (Phi) is 8.35. The number of fused-ring (bicyclic) bond motifs is 4. The number of carboxylic acid groups (broad SMARTS) is 1. The van der Waals surface area contributed by atoms with Crippen LogP contribution in [0.25, 0.3) is 0 Å². The van der Waals surface area contributed by atoms with E-state index in [1.165, 1.54) is 16.7 Å². The first-order valence-electron chi connectivity index (χ1n) is 11.8. The first-order chi connectivity index (χ1) is 15.8. The van der Waals surface area contributed by atoms with Crippen LogP contribution < -0.4 is 10.1 Å². The van der Waals surface area contributed by atoms with Crippen LogP contribution in [-0.4, -0.2) is 72.0 Å². The maximum atomic E-state index is 12.8. The topological polar surface area (TPSA) is 99.2 Å². The standard InChI is InChI=1S/C24H35N3O3.CH2O2/c1-15-8-16(2)24(30-4)20(9-15)14-26-12-18-10-19(13-26)22(11-25-17(3)28)27-21(18)6-5-7-23(27)29;2-1-3/h8-9,18-19,21-22H,5-7,10-14H2,1-4H3,(H,25,28);1H,(H,2,3)/t18-,19+,21+,22+;/m1./s1. The highest BCUT2D eigenvalue weighted by Crippen LogP contribution is 2.42. The minimum Gasteiger partial charge on any atom is -0.496 e.